The molecule has 0 bridgehead atoms. The predicted molar refractivity (Wildman–Crippen MR) is 79.8 cm³/mol. The summed E-state index contributed by atoms with van der Waals surface area (Å²) in [4.78, 5) is -0.0269. The highest BCUT2D eigenvalue weighted by atomic mass is 35.5. The van der Waals surface area contributed by atoms with Crippen molar-refractivity contribution >= 4 is 27.3 Å². The number of sulfonamides is 1. The summed E-state index contributed by atoms with van der Waals surface area (Å²) in [5.41, 5.74) is 0.698. The molecule has 0 radical (unpaired) electrons. The summed E-state index contributed by atoms with van der Waals surface area (Å²) in [5, 5.41) is 18.8. The third-order valence-electron chi connectivity index (χ3n) is 2.81. The first-order valence-corrected chi connectivity index (χ1v) is 7.71. The van der Waals surface area contributed by atoms with E-state index < -0.39 is 10.0 Å². The Hall–Kier alpha value is -2.23. The van der Waals surface area contributed by atoms with Gasteiger partial charge in [-0.05, 0) is 42.8 Å². The van der Waals surface area contributed by atoms with E-state index in [2.05, 4.69) is 4.72 Å². The van der Waals surface area contributed by atoms with E-state index in [-0.39, 0.29) is 26.9 Å². The number of hydrogen-bond acceptors (Lipinski definition) is 4. The molecule has 0 saturated heterocycles. The highest BCUT2D eigenvalue weighted by Crippen LogP contribution is 2.29. The number of nitrogens with zero attached hydrogens (tertiary/aromatic N) is 1. The van der Waals surface area contributed by atoms with Gasteiger partial charge >= 0.3 is 0 Å². The number of benzene rings is 2. The number of rotatable bonds is 3. The molecule has 7 heteroatoms. The maximum atomic E-state index is 12.4. The standard InChI is InChI=1S/C14H11ClN2O3S/c1-9-2-3-10(8-16)6-14(9)21(19,20)17-12-7-11(15)4-5-13(12)18/h2-7,17-18H,1H3. The first-order chi connectivity index (χ1) is 9.83. The van der Waals surface area contributed by atoms with Gasteiger partial charge in [-0.15, -0.1) is 0 Å². The Bertz CT molecular complexity index is 842. The molecule has 2 N–H and O–H groups in total. The van der Waals surface area contributed by atoms with Gasteiger partial charge in [0.1, 0.15) is 5.75 Å². The van der Waals surface area contributed by atoms with Gasteiger partial charge < -0.3 is 5.11 Å². The van der Waals surface area contributed by atoms with Crippen molar-refractivity contribution in [2.45, 2.75) is 11.8 Å². The van der Waals surface area contributed by atoms with Crippen LogP contribution < -0.4 is 4.72 Å². The Kier molecular flexibility index (Phi) is 4.07. The summed E-state index contributed by atoms with van der Waals surface area (Å²) >= 11 is 5.78. The van der Waals surface area contributed by atoms with Crippen molar-refractivity contribution in [3.63, 3.8) is 0 Å². The van der Waals surface area contributed by atoms with Crippen LogP contribution >= 0.6 is 11.6 Å². The van der Waals surface area contributed by atoms with Crippen LogP contribution in [-0.4, -0.2) is 13.5 Å². The van der Waals surface area contributed by atoms with Crippen molar-refractivity contribution in [2.24, 2.45) is 0 Å². The normalized spacial score (nSPS) is 10.9. The van der Waals surface area contributed by atoms with Crippen LogP contribution in [0, 0.1) is 18.3 Å². The average Bonchev–Trinajstić information content (AvgIpc) is 2.43. The summed E-state index contributed by atoms with van der Waals surface area (Å²) in [6.07, 6.45) is 0. The molecule has 0 aliphatic heterocycles. The minimum atomic E-state index is -3.94. The molecule has 2 rings (SSSR count). The Morgan fingerprint density at radius 2 is 1.95 bits per heavy atom. The van der Waals surface area contributed by atoms with Crippen molar-refractivity contribution in [3.05, 3.63) is 52.5 Å². The predicted octanol–water partition coefficient (Wildman–Crippen LogP) is 3.03. The molecule has 21 heavy (non-hydrogen) atoms. The lowest BCUT2D eigenvalue weighted by molar-refractivity contribution is 0.477. The number of phenolic OH excluding ortho intramolecular Hbond substituents is 1. The summed E-state index contributed by atoms with van der Waals surface area (Å²) in [5.74, 6) is -0.239. The summed E-state index contributed by atoms with van der Waals surface area (Å²) in [6.45, 7) is 1.62. The van der Waals surface area contributed by atoms with E-state index >= 15 is 0 Å². The van der Waals surface area contributed by atoms with Crippen molar-refractivity contribution in [2.75, 3.05) is 4.72 Å². The van der Waals surface area contributed by atoms with Crippen LogP contribution in [0.4, 0.5) is 5.69 Å². The monoisotopic (exact) mass is 322 g/mol. The Morgan fingerprint density at radius 3 is 2.62 bits per heavy atom. The third kappa shape index (κ3) is 3.27. The number of halogens is 1. The molecule has 2 aromatic rings. The Morgan fingerprint density at radius 1 is 1.24 bits per heavy atom. The van der Waals surface area contributed by atoms with E-state index in [1.165, 1.54) is 30.3 Å². The topological polar surface area (TPSA) is 90.2 Å². The number of nitriles is 1. The first-order valence-electron chi connectivity index (χ1n) is 5.85. The van der Waals surface area contributed by atoms with Crippen LogP contribution in [0.2, 0.25) is 5.02 Å². The molecule has 0 saturated carbocycles. The molecular weight excluding hydrogens is 312 g/mol. The number of anilines is 1. The summed E-state index contributed by atoms with van der Waals surface area (Å²) in [6, 6.07) is 10.3. The van der Waals surface area contributed by atoms with Gasteiger partial charge in [0.05, 0.1) is 22.2 Å². The fraction of sp³-hybridized carbons (Fsp3) is 0.0714. The van der Waals surface area contributed by atoms with E-state index in [0.29, 0.717) is 5.56 Å². The second-order valence-corrected chi connectivity index (χ2v) is 6.45. The van der Waals surface area contributed by atoms with Gasteiger partial charge in [0.15, 0.2) is 0 Å². The van der Waals surface area contributed by atoms with E-state index in [1.54, 1.807) is 13.0 Å². The van der Waals surface area contributed by atoms with Crippen molar-refractivity contribution in [3.8, 4) is 11.8 Å². The minimum Gasteiger partial charge on any atom is -0.506 e. The maximum Gasteiger partial charge on any atom is 0.262 e. The highest BCUT2D eigenvalue weighted by Gasteiger charge is 2.19. The summed E-state index contributed by atoms with van der Waals surface area (Å²) < 4.78 is 27.0. The molecular formula is C14H11ClN2O3S. The van der Waals surface area contributed by atoms with E-state index in [0.717, 1.165) is 0 Å². The second-order valence-electron chi connectivity index (χ2n) is 4.36. The first kappa shape index (κ1) is 15.2. The molecule has 0 atom stereocenters. The Labute approximate surface area is 127 Å². The smallest absolute Gasteiger partial charge is 0.262 e. The van der Waals surface area contributed by atoms with Gasteiger partial charge in [0.2, 0.25) is 0 Å². The molecule has 108 valence electrons. The molecule has 5 nitrogen and oxygen atoms in total. The SMILES string of the molecule is Cc1ccc(C#N)cc1S(=O)(=O)Nc1cc(Cl)ccc1O. The van der Waals surface area contributed by atoms with Gasteiger partial charge in [-0.25, -0.2) is 8.42 Å². The molecule has 0 heterocycles. The minimum absolute atomic E-state index is 0.0238. The number of phenols is 1. The number of aryl methyl sites for hydroxylation is 1. The lowest BCUT2D eigenvalue weighted by Gasteiger charge is -2.12. The van der Waals surface area contributed by atoms with Crippen LogP contribution in [0.15, 0.2) is 41.3 Å². The molecule has 0 fully saturated rings. The fourth-order valence-electron chi connectivity index (χ4n) is 1.75. The largest absolute Gasteiger partial charge is 0.506 e. The van der Waals surface area contributed by atoms with Gasteiger partial charge in [0, 0.05) is 5.02 Å². The van der Waals surface area contributed by atoms with E-state index in [4.69, 9.17) is 16.9 Å². The molecule has 0 aromatic heterocycles. The van der Waals surface area contributed by atoms with Crippen LogP contribution in [0.3, 0.4) is 0 Å². The van der Waals surface area contributed by atoms with Crippen molar-refractivity contribution < 1.29 is 13.5 Å². The quantitative estimate of drug-likeness (QED) is 0.850. The van der Waals surface area contributed by atoms with E-state index in [1.807, 2.05) is 6.07 Å². The zero-order chi connectivity index (χ0) is 15.6. The van der Waals surface area contributed by atoms with Crippen LogP contribution in [0.25, 0.3) is 0 Å². The van der Waals surface area contributed by atoms with Crippen LogP contribution in [0.5, 0.6) is 5.75 Å². The van der Waals surface area contributed by atoms with Gasteiger partial charge in [-0.3, -0.25) is 4.72 Å². The molecule has 0 unspecified atom stereocenters. The van der Waals surface area contributed by atoms with E-state index in [9.17, 15) is 13.5 Å². The zero-order valence-electron chi connectivity index (χ0n) is 11.0. The van der Waals surface area contributed by atoms with Crippen LogP contribution in [0.1, 0.15) is 11.1 Å². The van der Waals surface area contributed by atoms with Gasteiger partial charge in [0.25, 0.3) is 10.0 Å². The molecule has 0 aliphatic rings. The lowest BCUT2D eigenvalue weighted by Crippen LogP contribution is -2.14. The van der Waals surface area contributed by atoms with Gasteiger partial charge in [-0.1, -0.05) is 17.7 Å². The van der Waals surface area contributed by atoms with Gasteiger partial charge in [-0.2, -0.15) is 5.26 Å². The summed E-state index contributed by atoms with van der Waals surface area (Å²) in [7, 11) is -3.94. The number of nitrogens with one attached hydrogen (secondary N) is 1. The molecule has 0 amide bonds. The number of hydrogen-bond donors (Lipinski definition) is 2. The lowest BCUT2D eigenvalue weighted by atomic mass is 10.2. The fourth-order valence-corrected chi connectivity index (χ4v) is 3.26. The second kappa shape index (κ2) is 5.64. The third-order valence-corrected chi connectivity index (χ3v) is 4.55. The molecule has 2 aromatic carbocycles. The molecule has 0 aliphatic carbocycles. The molecule has 0 spiro atoms. The number of aromatic hydroxyl groups is 1. The zero-order valence-corrected chi connectivity index (χ0v) is 12.5. The van der Waals surface area contributed by atoms with Crippen molar-refractivity contribution in [1.29, 1.82) is 5.26 Å². The maximum absolute atomic E-state index is 12.4. The highest BCUT2D eigenvalue weighted by molar-refractivity contribution is 7.92. The van der Waals surface area contributed by atoms with Crippen LogP contribution in [-0.2, 0) is 10.0 Å². The van der Waals surface area contributed by atoms with Crippen molar-refractivity contribution in [1.82, 2.24) is 0 Å². The Balaban J connectivity index is 2.48. The average molecular weight is 323 g/mol.